The first kappa shape index (κ1) is 16.2. The lowest BCUT2D eigenvalue weighted by Crippen LogP contribution is -2.48. The van der Waals surface area contributed by atoms with Crippen LogP contribution >= 0.6 is 0 Å². The van der Waals surface area contributed by atoms with Gasteiger partial charge in [-0.2, -0.15) is 12.7 Å². The van der Waals surface area contributed by atoms with Gasteiger partial charge in [0, 0.05) is 32.2 Å². The van der Waals surface area contributed by atoms with Crippen LogP contribution in [0.4, 0.5) is 0 Å². The third-order valence-corrected chi connectivity index (χ3v) is 6.32. The highest BCUT2D eigenvalue weighted by Gasteiger charge is 2.26. The number of likely N-dealkylation sites (tertiary alicyclic amines) is 1. The largest absolute Gasteiger partial charge is 0.299 e. The van der Waals surface area contributed by atoms with Crippen LogP contribution in [0.1, 0.15) is 46.0 Å². The molecule has 0 aromatic heterocycles. The second kappa shape index (κ2) is 7.20. The summed E-state index contributed by atoms with van der Waals surface area (Å²) in [5.74, 6) is 0.649. The summed E-state index contributed by atoms with van der Waals surface area (Å²) in [5.41, 5.74) is 0. The molecular formula is C14H29N3O2S. The molecule has 0 spiro atoms. The summed E-state index contributed by atoms with van der Waals surface area (Å²) in [6.45, 7) is 8.20. The molecule has 1 N–H and O–H groups in total. The molecule has 6 heteroatoms. The Balaban J connectivity index is 1.74. The number of piperidine rings is 2. The standard InChI is InChI=1S/C14H29N3O2S/c1-13-6-10-17(11-7-13)20(18,19)15-8-12-16-9-4-3-5-14(16)2/h13-15H,3-12H2,1-2H3/t14-/m1/s1. The van der Waals surface area contributed by atoms with E-state index in [0.29, 0.717) is 31.6 Å². The lowest BCUT2D eigenvalue weighted by Gasteiger charge is -2.34. The Morgan fingerprint density at radius 2 is 1.75 bits per heavy atom. The molecule has 118 valence electrons. The van der Waals surface area contributed by atoms with Gasteiger partial charge in [0.2, 0.25) is 0 Å². The molecule has 20 heavy (non-hydrogen) atoms. The van der Waals surface area contributed by atoms with Crippen molar-refractivity contribution in [1.82, 2.24) is 13.9 Å². The highest BCUT2D eigenvalue weighted by Crippen LogP contribution is 2.18. The van der Waals surface area contributed by atoms with Crippen LogP contribution in [0.25, 0.3) is 0 Å². The minimum Gasteiger partial charge on any atom is -0.299 e. The second-order valence-electron chi connectivity index (χ2n) is 6.36. The van der Waals surface area contributed by atoms with Crippen molar-refractivity contribution >= 4 is 10.2 Å². The third kappa shape index (κ3) is 4.41. The number of nitrogens with one attached hydrogen (secondary N) is 1. The molecule has 0 aromatic rings. The van der Waals surface area contributed by atoms with Gasteiger partial charge >= 0.3 is 0 Å². The van der Waals surface area contributed by atoms with Crippen molar-refractivity contribution in [3.05, 3.63) is 0 Å². The molecule has 0 radical (unpaired) electrons. The van der Waals surface area contributed by atoms with Crippen LogP contribution in [-0.4, -0.2) is 56.4 Å². The van der Waals surface area contributed by atoms with Crippen LogP contribution in [0.5, 0.6) is 0 Å². The van der Waals surface area contributed by atoms with Gasteiger partial charge in [-0.3, -0.25) is 4.90 Å². The molecule has 2 rings (SSSR count). The third-order valence-electron chi connectivity index (χ3n) is 4.71. The molecule has 5 nitrogen and oxygen atoms in total. The van der Waals surface area contributed by atoms with Crippen molar-refractivity contribution in [3.63, 3.8) is 0 Å². The van der Waals surface area contributed by atoms with E-state index in [-0.39, 0.29) is 0 Å². The van der Waals surface area contributed by atoms with E-state index in [0.717, 1.165) is 25.9 Å². The maximum absolute atomic E-state index is 12.2. The summed E-state index contributed by atoms with van der Waals surface area (Å²) in [4.78, 5) is 2.39. The Kier molecular flexibility index (Phi) is 5.84. The van der Waals surface area contributed by atoms with Gasteiger partial charge in [-0.15, -0.1) is 0 Å². The quantitative estimate of drug-likeness (QED) is 0.836. The fraction of sp³-hybridized carbons (Fsp3) is 1.00. The molecule has 0 bridgehead atoms. The minimum absolute atomic E-state index is 0.527. The Morgan fingerprint density at radius 3 is 2.40 bits per heavy atom. The summed E-state index contributed by atoms with van der Waals surface area (Å²) >= 11 is 0. The molecule has 2 aliphatic rings. The van der Waals surface area contributed by atoms with Crippen LogP contribution in [0.15, 0.2) is 0 Å². The molecule has 2 saturated heterocycles. The van der Waals surface area contributed by atoms with Crippen molar-refractivity contribution in [3.8, 4) is 0 Å². The Bertz CT molecular complexity index is 391. The zero-order valence-electron chi connectivity index (χ0n) is 12.8. The minimum atomic E-state index is -3.27. The SMILES string of the molecule is CC1CCN(S(=O)(=O)NCCN2CCCC[C@H]2C)CC1. The average molecular weight is 303 g/mol. The predicted octanol–water partition coefficient (Wildman–Crippen LogP) is 1.43. The van der Waals surface area contributed by atoms with Gasteiger partial charge in [0.05, 0.1) is 0 Å². The van der Waals surface area contributed by atoms with Crippen molar-refractivity contribution in [2.75, 3.05) is 32.7 Å². The fourth-order valence-electron chi connectivity index (χ4n) is 3.12. The smallest absolute Gasteiger partial charge is 0.279 e. The number of hydrogen-bond donors (Lipinski definition) is 1. The Hall–Kier alpha value is -0.170. The van der Waals surface area contributed by atoms with Crippen LogP contribution in [-0.2, 0) is 10.2 Å². The molecule has 0 saturated carbocycles. The highest BCUT2D eigenvalue weighted by atomic mass is 32.2. The molecule has 0 aromatic carbocycles. The van der Waals surface area contributed by atoms with E-state index < -0.39 is 10.2 Å². The predicted molar refractivity (Wildman–Crippen MR) is 81.8 cm³/mol. The fourth-order valence-corrected chi connectivity index (χ4v) is 4.35. The van der Waals surface area contributed by atoms with E-state index in [4.69, 9.17) is 0 Å². The Labute approximate surface area is 123 Å². The summed E-state index contributed by atoms with van der Waals surface area (Å²) in [7, 11) is -3.27. The average Bonchev–Trinajstić information content (AvgIpc) is 2.41. The normalized spacial score (nSPS) is 27.8. The number of nitrogens with zero attached hydrogens (tertiary/aromatic N) is 2. The molecular weight excluding hydrogens is 274 g/mol. The zero-order chi connectivity index (χ0) is 14.6. The molecule has 0 amide bonds. The maximum Gasteiger partial charge on any atom is 0.279 e. The van der Waals surface area contributed by atoms with E-state index in [9.17, 15) is 8.42 Å². The van der Waals surface area contributed by atoms with Gasteiger partial charge < -0.3 is 0 Å². The monoisotopic (exact) mass is 303 g/mol. The van der Waals surface area contributed by atoms with Crippen molar-refractivity contribution < 1.29 is 8.42 Å². The summed E-state index contributed by atoms with van der Waals surface area (Å²) in [6.07, 6.45) is 5.72. The van der Waals surface area contributed by atoms with Crippen LogP contribution in [0.3, 0.4) is 0 Å². The van der Waals surface area contributed by atoms with Crippen molar-refractivity contribution in [2.45, 2.75) is 52.0 Å². The highest BCUT2D eigenvalue weighted by molar-refractivity contribution is 7.87. The first-order valence-electron chi connectivity index (χ1n) is 7.98. The van der Waals surface area contributed by atoms with E-state index in [1.54, 1.807) is 4.31 Å². The molecule has 2 fully saturated rings. The summed E-state index contributed by atoms with van der Waals surface area (Å²) < 4.78 is 28.8. The lowest BCUT2D eigenvalue weighted by atomic mass is 10.0. The Morgan fingerprint density at radius 1 is 1.05 bits per heavy atom. The van der Waals surface area contributed by atoms with Gasteiger partial charge in [0.25, 0.3) is 10.2 Å². The van der Waals surface area contributed by atoms with Crippen LogP contribution in [0.2, 0.25) is 0 Å². The molecule has 2 aliphatic heterocycles. The summed E-state index contributed by atoms with van der Waals surface area (Å²) in [6, 6.07) is 0.587. The number of rotatable bonds is 5. The number of hydrogen-bond acceptors (Lipinski definition) is 3. The summed E-state index contributed by atoms with van der Waals surface area (Å²) in [5, 5.41) is 0. The van der Waals surface area contributed by atoms with Crippen LogP contribution < -0.4 is 4.72 Å². The van der Waals surface area contributed by atoms with Crippen molar-refractivity contribution in [2.24, 2.45) is 5.92 Å². The lowest BCUT2D eigenvalue weighted by molar-refractivity contribution is 0.163. The van der Waals surface area contributed by atoms with Gasteiger partial charge in [-0.05, 0) is 45.1 Å². The topological polar surface area (TPSA) is 52.7 Å². The van der Waals surface area contributed by atoms with Gasteiger partial charge in [-0.1, -0.05) is 13.3 Å². The zero-order valence-corrected chi connectivity index (χ0v) is 13.7. The van der Waals surface area contributed by atoms with Gasteiger partial charge in [-0.25, -0.2) is 4.72 Å². The molecule has 0 unspecified atom stereocenters. The van der Waals surface area contributed by atoms with E-state index in [2.05, 4.69) is 23.5 Å². The first-order chi connectivity index (χ1) is 9.49. The van der Waals surface area contributed by atoms with Gasteiger partial charge in [0.1, 0.15) is 0 Å². The van der Waals surface area contributed by atoms with E-state index >= 15 is 0 Å². The van der Waals surface area contributed by atoms with Crippen LogP contribution in [0, 0.1) is 5.92 Å². The van der Waals surface area contributed by atoms with E-state index in [1.807, 2.05) is 0 Å². The second-order valence-corrected chi connectivity index (χ2v) is 8.12. The van der Waals surface area contributed by atoms with Crippen molar-refractivity contribution in [1.29, 1.82) is 0 Å². The molecule has 1 atom stereocenters. The first-order valence-corrected chi connectivity index (χ1v) is 9.42. The molecule has 2 heterocycles. The molecule has 0 aliphatic carbocycles. The maximum atomic E-state index is 12.2. The van der Waals surface area contributed by atoms with Gasteiger partial charge in [0.15, 0.2) is 0 Å². The van der Waals surface area contributed by atoms with E-state index in [1.165, 1.54) is 19.3 Å².